The largest absolute Gasteiger partial charge is 0.489 e. The van der Waals surface area contributed by atoms with Crippen molar-refractivity contribution in [3.63, 3.8) is 0 Å². The van der Waals surface area contributed by atoms with Crippen molar-refractivity contribution in [1.82, 2.24) is 14.9 Å². The predicted molar refractivity (Wildman–Crippen MR) is 163 cm³/mol. The number of thiophene rings is 1. The van der Waals surface area contributed by atoms with Gasteiger partial charge in [-0.1, -0.05) is 17.7 Å². The molecule has 2 aromatic carbocycles. The van der Waals surface area contributed by atoms with Crippen LogP contribution in [-0.2, 0) is 0 Å². The van der Waals surface area contributed by atoms with Crippen molar-refractivity contribution < 1.29 is 22.6 Å². The average molecular weight is 641 g/mol. The summed E-state index contributed by atoms with van der Waals surface area (Å²) < 4.78 is 59.0. The Hall–Kier alpha value is -3.53. The number of nitrogen functional groups attached to an aromatic ring is 1. The summed E-state index contributed by atoms with van der Waals surface area (Å²) in [4.78, 5) is 13.5. The minimum atomic E-state index is -0.926. The number of fused-ring (bicyclic) bond motifs is 2. The van der Waals surface area contributed by atoms with Crippen molar-refractivity contribution in [2.45, 2.75) is 55.8 Å². The summed E-state index contributed by atoms with van der Waals surface area (Å²) in [6.45, 7) is 1.65. The van der Waals surface area contributed by atoms with E-state index in [9.17, 15) is 14.0 Å². The number of rotatable bonds is 4. The van der Waals surface area contributed by atoms with E-state index in [-0.39, 0.29) is 66.2 Å². The van der Waals surface area contributed by atoms with Crippen LogP contribution in [0.2, 0.25) is 5.02 Å². The lowest BCUT2D eigenvalue weighted by Gasteiger charge is -2.47. The second-order valence-corrected chi connectivity index (χ2v) is 13.9. The van der Waals surface area contributed by atoms with E-state index in [0.717, 1.165) is 50.0 Å². The molecule has 0 radical (unpaired) electrons. The molecule has 13 heteroatoms. The minimum Gasteiger partial charge on any atom is -0.489 e. The van der Waals surface area contributed by atoms with Crippen molar-refractivity contribution in [1.29, 1.82) is 5.26 Å². The Bertz CT molecular complexity index is 1930. The lowest BCUT2D eigenvalue weighted by atomic mass is 9.76. The fourth-order valence-electron chi connectivity index (χ4n) is 7.66. The van der Waals surface area contributed by atoms with Gasteiger partial charge in [-0.05, 0) is 50.3 Å². The van der Waals surface area contributed by atoms with Crippen molar-refractivity contribution >= 4 is 54.7 Å². The number of anilines is 2. The molecular weight excluding hydrogens is 613 g/mol. The number of nitriles is 1. The smallest absolute Gasteiger partial charge is 0.319 e. The number of halogens is 4. The third-order valence-electron chi connectivity index (χ3n) is 10.2. The van der Waals surface area contributed by atoms with Crippen LogP contribution in [0.1, 0.15) is 44.1 Å². The van der Waals surface area contributed by atoms with Crippen LogP contribution in [0.15, 0.2) is 12.1 Å². The highest BCUT2D eigenvalue weighted by Crippen LogP contribution is 2.53. The zero-order valence-corrected chi connectivity index (χ0v) is 25.4. The fraction of sp³-hybridized carbons (Fsp3) is 0.452. The molecule has 44 heavy (non-hydrogen) atoms. The summed E-state index contributed by atoms with van der Waals surface area (Å²) in [5, 5.41) is 10.5. The van der Waals surface area contributed by atoms with Crippen LogP contribution in [0.4, 0.5) is 24.0 Å². The van der Waals surface area contributed by atoms with Gasteiger partial charge in [0.25, 0.3) is 0 Å². The van der Waals surface area contributed by atoms with Gasteiger partial charge >= 0.3 is 6.01 Å². The van der Waals surface area contributed by atoms with E-state index < -0.39 is 23.3 Å². The van der Waals surface area contributed by atoms with E-state index in [1.165, 1.54) is 12.1 Å². The fourth-order valence-corrected chi connectivity index (χ4v) is 8.95. The van der Waals surface area contributed by atoms with Gasteiger partial charge in [-0.15, -0.1) is 11.3 Å². The zero-order valence-electron chi connectivity index (χ0n) is 23.9. The molecule has 1 spiro atoms. The number of ether oxygens (including phenoxy) is 2. The highest BCUT2D eigenvalue weighted by atomic mass is 35.5. The van der Waals surface area contributed by atoms with Gasteiger partial charge in [0.1, 0.15) is 47.6 Å². The van der Waals surface area contributed by atoms with E-state index in [4.69, 9.17) is 31.8 Å². The summed E-state index contributed by atoms with van der Waals surface area (Å²) in [5.41, 5.74) is 5.36. The second-order valence-electron chi connectivity index (χ2n) is 12.4. The summed E-state index contributed by atoms with van der Waals surface area (Å²) in [6.07, 6.45) is 3.89. The molecule has 2 N–H and O–H groups in total. The summed E-state index contributed by atoms with van der Waals surface area (Å²) in [6, 6.07) is 4.60. The lowest BCUT2D eigenvalue weighted by molar-refractivity contribution is 0.107. The van der Waals surface area contributed by atoms with Crippen LogP contribution in [-0.4, -0.2) is 65.5 Å². The van der Waals surface area contributed by atoms with Gasteiger partial charge in [0, 0.05) is 31.0 Å². The second kappa shape index (κ2) is 9.73. The Morgan fingerprint density at radius 3 is 2.80 bits per heavy atom. The Morgan fingerprint density at radius 2 is 2.05 bits per heavy atom. The molecule has 0 bridgehead atoms. The maximum atomic E-state index is 17.0. The molecule has 8 rings (SSSR count). The molecule has 8 nitrogen and oxygen atoms in total. The van der Waals surface area contributed by atoms with Gasteiger partial charge in [-0.3, -0.25) is 4.90 Å². The lowest BCUT2D eigenvalue weighted by Crippen LogP contribution is -2.56. The molecule has 0 amide bonds. The number of nitrogens with zero attached hydrogens (tertiary/aromatic N) is 5. The molecular formula is C31H28ClF3N6O2S. The molecule has 3 fully saturated rings. The van der Waals surface area contributed by atoms with Crippen molar-refractivity contribution in [3.05, 3.63) is 34.4 Å². The monoisotopic (exact) mass is 640 g/mol. The Labute approximate surface area is 260 Å². The molecule has 1 aliphatic carbocycles. The van der Waals surface area contributed by atoms with E-state index >= 15 is 4.39 Å². The standard InChI is InChI=1S/C31H28ClF3N6O2S/c1-40-28-21-24(38-29(39-28)43-14-31-8-3-9-41(31)12-15(33)10-31)23(35)20(22(32)25(21)42-13-30(40)6-2-7-30)16-4-5-18(34)26-19(16)17(11-36)27(37)44-26/h4-5,15H,2-3,6-10,12-14,37H2,1H3/t15-,31+/m1/s1. The first-order chi connectivity index (χ1) is 21.2. The highest BCUT2D eigenvalue weighted by molar-refractivity contribution is 7.23. The van der Waals surface area contributed by atoms with Crippen LogP contribution >= 0.6 is 22.9 Å². The zero-order chi connectivity index (χ0) is 30.5. The molecule has 2 aromatic heterocycles. The number of nitrogens with two attached hydrogens (primary N) is 1. The molecule has 1 saturated carbocycles. The minimum absolute atomic E-state index is 0.0275. The van der Waals surface area contributed by atoms with Crippen LogP contribution in [0, 0.1) is 23.0 Å². The third kappa shape index (κ3) is 3.78. The van der Waals surface area contributed by atoms with Crippen LogP contribution < -0.4 is 20.1 Å². The van der Waals surface area contributed by atoms with E-state index in [1.807, 2.05) is 18.0 Å². The van der Waals surface area contributed by atoms with Crippen LogP contribution in [0.5, 0.6) is 11.8 Å². The first kappa shape index (κ1) is 28.0. The maximum Gasteiger partial charge on any atom is 0.319 e. The number of hydrogen-bond acceptors (Lipinski definition) is 9. The summed E-state index contributed by atoms with van der Waals surface area (Å²) >= 11 is 7.92. The highest BCUT2D eigenvalue weighted by Gasteiger charge is 2.50. The number of benzene rings is 2. The van der Waals surface area contributed by atoms with Gasteiger partial charge < -0.3 is 20.1 Å². The Kier molecular flexibility index (Phi) is 6.19. The SMILES string of the molecule is CN1c2nc(OC[C@@]34CCCN3C[C@H](F)C4)nc3c(F)c(-c4ccc(F)c5sc(N)c(C#N)c45)c(Cl)c(c23)OCC12CCC2. The van der Waals surface area contributed by atoms with Crippen molar-refractivity contribution in [2.75, 3.05) is 44.0 Å². The van der Waals surface area contributed by atoms with Crippen molar-refractivity contribution in [3.8, 4) is 29.0 Å². The molecule has 0 unspecified atom stereocenters. The number of alkyl halides is 1. The van der Waals surface area contributed by atoms with Gasteiger partial charge in [-0.25, -0.2) is 13.2 Å². The van der Waals surface area contributed by atoms with E-state index in [1.54, 1.807) is 0 Å². The normalized spacial score (nSPS) is 23.9. The molecule has 4 aliphatic rings. The Balaban J connectivity index is 1.35. The Morgan fingerprint density at radius 1 is 1.23 bits per heavy atom. The van der Waals surface area contributed by atoms with Crippen LogP contribution in [0.25, 0.3) is 32.1 Å². The number of hydrogen-bond donors (Lipinski definition) is 1. The molecule has 228 valence electrons. The number of aromatic nitrogens is 2. The van der Waals surface area contributed by atoms with Gasteiger partial charge in [0.15, 0.2) is 11.6 Å². The molecule has 2 atom stereocenters. The van der Waals surface area contributed by atoms with Gasteiger partial charge in [-0.2, -0.15) is 15.2 Å². The summed E-state index contributed by atoms with van der Waals surface area (Å²) in [5.74, 6) is -0.714. The van der Waals surface area contributed by atoms with Crippen LogP contribution in [0.3, 0.4) is 0 Å². The average Bonchev–Trinajstić information content (AvgIpc) is 3.59. The van der Waals surface area contributed by atoms with Gasteiger partial charge in [0.2, 0.25) is 0 Å². The molecule has 4 aromatic rings. The topological polar surface area (TPSA) is 101 Å². The number of likely N-dealkylation sites (N-methyl/N-ethyl adjacent to an activating group) is 1. The van der Waals surface area contributed by atoms with E-state index in [2.05, 4.69) is 9.88 Å². The molecule has 3 aliphatic heterocycles. The molecule has 5 heterocycles. The summed E-state index contributed by atoms with van der Waals surface area (Å²) in [7, 11) is 1.90. The quantitative estimate of drug-likeness (QED) is 0.266. The maximum absolute atomic E-state index is 17.0. The molecule has 2 saturated heterocycles. The first-order valence-corrected chi connectivity index (χ1v) is 15.9. The first-order valence-electron chi connectivity index (χ1n) is 14.7. The third-order valence-corrected chi connectivity index (χ3v) is 11.6. The van der Waals surface area contributed by atoms with Gasteiger partial charge in [0.05, 0.1) is 31.8 Å². The predicted octanol–water partition coefficient (Wildman–Crippen LogP) is 6.60. The van der Waals surface area contributed by atoms with Crippen molar-refractivity contribution in [2.24, 2.45) is 0 Å². The van der Waals surface area contributed by atoms with E-state index in [0.29, 0.717) is 30.8 Å².